The average Bonchev–Trinajstić information content (AvgIpc) is 3.10. The zero-order valence-electron chi connectivity index (χ0n) is 14.7. The molecule has 2 saturated carbocycles. The van der Waals surface area contributed by atoms with E-state index in [9.17, 15) is 19.2 Å². The van der Waals surface area contributed by atoms with Crippen molar-refractivity contribution in [2.45, 2.75) is 76.4 Å². The zero-order valence-corrected chi connectivity index (χ0v) is 14.7. The van der Waals surface area contributed by atoms with Gasteiger partial charge in [0.25, 0.3) is 0 Å². The molecule has 8 heteroatoms. The quantitative estimate of drug-likeness (QED) is 0.560. The fraction of sp³-hybridized carbons (Fsp3) is 0.778. The molecule has 0 amide bonds. The molecular formula is C18H26O8. The Balaban J connectivity index is 1.72. The average molecular weight is 370 g/mol. The molecule has 2 fully saturated rings. The number of aliphatic carboxylic acids is 2. The van der Waals surface area contributed by atoms with Crippen LogP contribution in [0.15, 0.2) is 0 Å². The third-order valence-electron chi connectivity index (χ3n) is 5.18. The topological polar surface area (TPSA) is 127 Å². The fourth-order valence-electron chi connectivity index (χ4n) is 4.01. The van der Waals surface area contributed by atoms with E-state index in [1.807, 2.05) is 0 Å². The van der Waals surface area contributed by atoms with Crippen molar-refractivity contribution in [3.8, 4) is 0 Å². The van der Waals surface area contributed by atoms with Crippen molar-refractivity contribution >= 4 is 23.9 Å². The lowest BCUT2D eigenvalue weighted by atomic mass is 9.98. The predicted molar refractivity (Wildman–Crippen MR) is 88.2 cm³/mol. The fourth-order valence-corrected chi connectivity index (χ4v) is 4.01. The van der Waals surface area contributed by atoms with E-state index in [0.29, 0.717) is 0 Å². The number of carboxylic acids is 2. The molecule has 0 unspecified atom stereocenters. The second-order valence-electron chi connectivity index (χ2n) is 7.03. The highest BCUT2D eigenvalue weighted by molar-refractivity contribution is 5.72. The third kappa shape index (κ3) is 6.00. The zero-order chi connectivity index (χ0) is 19.1. The van der Waals surface area contributed by atoms with Crippen LogP contribution in [0, 0.1) is 11.8 Å². The van der Waals surface area contributed by atoms with E-state index in [-0.39, 0.29) is 74.5 Å². The van der Waals surface area contributed by atoms with Crippen molar-refractivity contribution in [2.24, 2.45) is 11.8 Å². The molecular weight excluding hydrogens is 344 g/mol. The summed E-state index contributed by atoms with van der Waals surface area (Å²) in [5.74, 6) is -2.24. The number of carboxylic acid groups (broad SMARTS) is 2. The lowest BCUT2D eigenvalue weighted by Crippen LogP contribution is -2.26. The molecule has 8 nitrogen and oxygen atoms in total. The van der Waals surface area contributed by atoms with Crippen LogP contribution in [-0.4, -0.2) is 46.3 Å². The van der Waals surface area contributed by atoms with Crippen LogP contribution in [0.3, 0.4) is 0 Å². The van der Waals surface area contributed by atoms with Crippen molar-refractivity contribution in [3.63, 3.8) is 0 Å². The van der Waals surface area contributed by atoms with Crippen LogP contribution in [0.2, 0.25) is 0 Å². The van der Waals surface area contributed by atoms with Gasteiger partial charge in [-0.3, -0.25) is 19.2 Å². The number of ether oxygens (including phenoxy) is 2. The number of hydrogen-bond acceptors (Lipinski definition) is 6. The Kier molecular flexibility index (Phi) is 7.41. The number of hydrogen-bond donors (Lipinski definition) is 2. The van der Waals surface area contributed by atoms with E-state index in [0.717, 1.165) is 25.7 Å². The van der Waals surface area contributed by atoms with Crippen molar-refractivity contribution in [1.82, 2.24) is 0 Å². The maximum atomic E-state index is 11.9. The molecule has 2 aliphatic carbocycles. The Labute approximate surface area is 151 Å². The summed E-state index contributed by atoms with van der Waals surface area (Å²) in [6.07, 6.45) is 3.37. The highest BCUT2D eigenvalue weighted by atomic mass is 16.6. The smallest absolute Gasteiger partial charge is 0.306 e. The molecule has 2 rings (SSSR count). The van der Waals surface area contributed by atoms with Crippen LogP contribution < -0.4 is 0 Å². The van der Waals surface area contributed by atoms with Crippen LogP contribution >= 0.6 is 0 Å². The van der Waals surface area contributed by atoms with Crippen LogP contribution in [-0.2, 0) is 28.7 Å². The van der Waals surface area contributed by atoms with Gasteiger partial charge in [0, 0.05) is 37.5 Å². The first kappa shape index (κ1) is 20.2. The van der Waals surface area contributed by atoms with Gasteiger partial charge in [0.15, 0.2) is 0 Å². The molecule has 26 heavy (non-hydrogen) atoms. The lowest BCUT2D eigenvalue weighted by Gasteiger charge is -2.21. The Hall–Kier alpha value is -2.12. The van der Waals surface area contributed by atoms with Gasteiger partial charge in [-0.05, 0) is 38.5 Å². The van der Waals surface area contributed by atoms with E-state index < -0.39 is 11.9 Å². The number of rotatable bonds is 10. The minimum Gasteiger partial charge on any atom is -0.481 e. The molecule has 0 bridgehead atoms. The van der Waals surface area contributed by atoms with Gasteiger partial charge in [-0.15, -0.1) is 0 Å². The minimum atomic E-state index is -0.928. The molecule has 146 valence electrons. The lowest BCUT2D eigenvalue weighted by molar-refractivity contribution is -0.154. The highest BCUT2D eigenvalue weighted by Gasteiger charge is 2.48. The summed E-state index contributed by atoms with van der Waals surface area (Å²) in [5.41, 5.74) is 0. The second kappa shape index (κ2) is 9.54. The van der Waals surface area contributed by atoms with Crippen molar-refractivity contribution in [3.05, 3.63) is 0 Å². The van der Waals surface area contributed by atoms with Gasteiger partial charge in [0.05, 0.1) is 0 Å². The summed E-state index contributed by atoms with van der Waals surface area (Å²) in [5, 5.41) is 17.2. The molecule has 0 spiro atoms. The van der Waals surface area contributed by atoms with Crippen LogP contribution in [0.1, 0.15) is 64.2 Å². The van der Waals surface area contributed by atoms with Gasteiger partial charge >= 0.3 is 23.9 Å². The van der Waals surface area contributed by atoms with Gasteiger partial charge in [-0.25, -0.2) is 0 Å². The van der Waals surface area contributed by atoms with Crippen molar-refractivity contribution in [1.29, 1.82) is 0 Å². The van der Waals surface area contributed by atoms with E-state index in [2.05, 4.69) is 0 Å². The number of fused-ring (bicyclic) bond motifs is 1. The van der Waals surface area contributed by atoms with E-state index in [1.165, 1.54) is 0 Å². The van der Waals surface area contributed by atoms with Gasteiger partial charge in [0.1, 0.15) is 12.2 Å². The molecule has 0 aliphatic heterocycles. The van der Waals surface area contributed by atoms with Crippen LogP contribution in [0.5, 0.6) is 0 Å². The second-order valence-corrected chi connectivity index (χ2v) is 7.03. The van der Waals surface area contributed by atoms with Gasteiger partial charge < -0.3 is 19.7 Å². The number of carbonyl (C=O) groups excluding carboxylic acids is 2. The highest BCUT2D eigenvalue weighted by Crippen LogP contribution is 2.47. The van der Waals surface area contributed by atoms with Gasteiger partial charge in [-0.1, -0.05) is 0 Å². The van der Waals surface area contributed by atoms with Crippen molar-refractivity contribution < 1.29 is 38.9 Å². The Morgan fingerprint density at radius 1 is 0.654 bits per heavy atom. The first-order valence-corrected chi connectivity index (χ1v) is 9.19. The molecule has 0 aromatic heterocycles. The third-order valence-corrected chi connectivity index (χ3v) is 5.18. The van der Waals surface area contributed by atoms with E-state index in [4.69, 9.17) is 19.7 Å². The maximum absolute atomic E-state index is 11.9. The Bertz CT molecular complexity index is 495. The monoisotopic (exact) mass is 370 g/mol. The SMILES string of the molecule is O=C(O)CCCC(=O)O[C@H]1CC[C@H]2[C@@H]1CC[C@H]2OC(=O)CCCC(=O)O. The summed E-state index contributed by atoms with van der Waals surface area (Å²) in [6, 6.07) is 0. The largest absolute Gasteiger partial charge is 0.481 e. The Morgan fingerprint density at radius 3 is 1.38 bits per heavy atom. The van der Waals surface area contributed by atoms with Crippen LogP contribution in [0.25, 0.3) is 0 Å². The first-order chi connectivity index (χ1) is 12.4. The van der Waals surface area contributed by atoms with E-state index in [1.54, 1.807) is 0 Å². The molecule has 0 radical (unpaired) electrons. The molecule has 0 saturated heterocycles. The summed E-state index contributed by atoms with van der Waals surface area (Å²) >= 11 is 0. The number of carbonyl (C=O) groups is 4. The summed E-state index contributed by atoms with van der Waals surface area (Å²) in [4.78, 5) is 44.7. The van der Waals surface area contributed by atoms with Crippen molar-refractivity contribution in [2.75, 3.05) is 0 Å². The standard InChI is InChI=1S/C18H26O8/c19-15(20)3-1-5-17(23)25-13-9-7-12-11(13)8-10-14(12)26-18(24)6-2-4-16(21)22/h11-14H,1-10H2,(H,19,20)(H,21,22)/t11-,12-,13-,14+/m0/s1. The Morgan fingerprint density at radius 2 is 1.04 bits per heavy atom. The summed E-state index contributed by atoms with van der Waals surface area (Å²) in [7, 11) is 0. The van der Waals surface area contributed by atoms with Crippen LogP contribution in [0.4, 0.5) is 0 Å². The molecule has 4 atom stereocenters. The number of esters is 2. The predicted octanol–water partition coefficient (Wildman–Crippen LogP) is 2.14. The summed E-state index contributed by atoms with van der Waals surface area (Å²) in [6.45, 7) is 0. The molecule has 0 aromatic rings. The van der Waals surface area contributed by atoms with E-state index >= 15 is 0 Å². The summed E-state index contributed by atoms with van der Waals surface area (Å²) < 4.78 is 11.0. The maximum Gasteiger partial charge on any atom is 0.306 e. The normalized spacial score (nSPS) is 26.9. The minimum absolute atomic E-state index is 0.0499. The van der Waals surface area contributed by atoms with Gasteiger partial charge in [0.2, 0.25) is 0 Å². The molecule has 0 heterocycles. The molecule has 2 N–H and O–H groups in total. The van der Waals surface area contributed by atoms with Gasteiger partial charge in [-0.2, -0.15) is 0 Å². The molecule has 0 aromatic carbocycles. The molecule has 2 aliphatic rings. The first-order valence-electron chi connectivity index (χ1n) is 9.19.